The van der Waals surface area contributed by atoms with Crippen LogP contribution >= 0.6 is 0 Å². The van der Waals surface area contributed by atoms with E-state index >= 15 is 0 Å². The molecule has 0 aliphatic carbocycles. The smallest absolute Gasteiger partial charge is 0.193 e. The molecule has 6 nitrogen and oxygen atoms in total. The van der Waals surface area contributed by atoms with Gasteiger partial charge in [0.25, 0.3) is 0 Å². The Morgan fingerprint density at radius 1 is 1.08 bits per heavy atom. The van der Waals surface area contributed by atoms with Crippen molar-refractivity contribution in [1.29, 1.82) is 0 Å². The highest BCUT2D eigenvalue weighted by Crippen LogP contribution is 2.14. The molecule has 2 heterocycles. The Labute approximate surface area is 153 Å². The zero-order chi connectivity index (χ0) is 17.7. The molecule has 0 unspecified atom stereocenters. The largest absolute Gasteiger partial charge is 0.385 e. The summed E-state index contributed by atoms with van der Waals surface area (Å²) in [6.07, 6.45) is 7.46. The fourth-order valence-electron chi connectivity index (χ4n) is 3.60. The van der Waals surface area contributed by atoms with Crippen LogP contribution in [-0.2, 0) is 9.47 Å². The lowest BCUT2D eigenvalue weighted by Crippen LogP contribution is -2.47. The Balaban J connectivity index is 1.66. The number of nitrogens with one attached hydrogen (secondary N) is 1. The van der Waals surface area contributed by atoms with Crippen molar-refractivity contribution in [3.63, 3.8) is 0 Å². The topological polar surface area (TPSA) is 49.3 Å². The average Bonchev–Trinajstić information content (AvgIpc) is 3.15. The minimum Gasteiger partial charge on any atom is -0.385 e. The Morgan fingerprint density at radius 3 is 2.52 bits per heavy atom. The fraction of sp³-hybridized carbons (Fsp3) is 0.947. The van der Waals surface area contributed by atoms with E-state index in [9.17, 15) is 0 Å². The van der Waals surface area contributed by atoms with Gasteiger partial charge in [-0.25, -0.2) is 0 Å². The van der Waals surface area contributed by atoms with Crippen LogP contribution in [0.5, 0.6) is 0 Å². The minimum absolute atomic E-state index is 0.395. The first-order valence-electron chi connectivity index (χ1n) is 10.2. The van der Waals surface area contributed by atoms with Gasteiger partial charge in [0.2, 0.25) is 0 Å². The zero-order valence-electron chi connectivity index (χ0n) is 16.3. The lowest BCUT2D eigenvalue weighted by Gasteiger charge is -2.34. The molecule has 0 aromatic carbocycles. The maximum atomic E-state index is 5.96. The molecule has 0 radical (unpaired) electrons. The van der Waals surface area contributed by atoms with Crippen LogP contribution in [-0.4, -0.2) is 88.0 Å². The summed E-state index contributed by atoms with van der Waals surface area (Å²) in [5.74, 6) is 1.08. The number of piperidine rings is 1. The van der Waals surface area contributed by atoms with Crippen LogP contribution in [0, 0.1) is 0 Å². The van der Waals surface area contributed by atoms with Gasteiger partial charge in [0.05, 0.1) is 6.10 Å². The molecule has 0 saturated carbocycles. The van der Waals surface area contributed by atoms with Gasteiger partial charge < -0.3 is 24.6 Å². The lowest BCUT2D eigenvalue weighted by molar-refractivity contribution is 0.00990. The molecular formula is C19H38N4O2. The summed E-state index contributed by atoms with van der Waals surface area (Å²) in [4.78, 5) is 9.82. The van der Waals surface area contributed by atoms with Gasteiger partial charge in [-0.3, -0.25) is 4.99 Å². The third kappa shape index (κ3) is 7.92. The summed E-state index contributed by atoms with van der Waals surface area (Å²) >= 11 is 0. The summed E-state index contributed by atoms with van der Waals surface area (Å²) in [6, 6.07) is 0. The van der Waals surface area contributed by atoms with E-state index in [1.165, 1.54) is 32.5 Å². The number of nitrogens with zero attached hydrogens (tertiary/aromatic N) is 3. The molecule has 0 aromatic rings. The molecule has 2 saturated heterocycles. The van der Waals surface area contributed by atoms with Gasteiger partial charge in [0.15, 0.2) is 5.96 Å². The third-order valence-electron chi connectivity index (χ3n) is 5.02. The Morgan fingerprint density at radius 2 is 1.84 bits per heavy atom. The fourth-order valence-corrected chi connectivity index (χ4v) is 3.60. The molecule has 0 amide bonds. The molecular weight excluding hydrogens is 316 g/mol. The van der Waals surface area contributed by atoms with Crippen LogP contribution in [0.25, 0.3) is 0 Å². The van der Waals surface area contributed by atoms with Crippen LogP contribution < -0.4 is 5.32 Å². The number of methoxy groups -OCH3 is 1. The summed E-state index contributed by atoms with van der Waals surface area (Å²) in [7, 11) is 1.74. The van der Waals surface area contributed by atoms with Crippen molar-refractivity contribution in [2.24, 2.45) is 4.99 Å². The summed E-state index contributed by atoms with van der Waals surface area (Å²) in [6.45, 7) is 11.4. The first-order chi connectivity index (χ1) is 12.3. The Hall–Kier alpha value is -0.850. The van der Waals surface area contributed by atoms with Crippen LogP contribution in [0.15, 0.2) is 4.99 Å². The monoisotopic (exact) mass is 354 g/mol. The van der Waals surface area contributed by atoms with Crippen molar-refractivity contribution in [2.45, 2.75) is 51.6 Å². The predicted octanol–water partition coefficient (Wildman–Crippen LogP) is 1.96. The van der Waals surface area contributed by atoms with E-state index in [1.807, 2.05) is 0 Å². The third-order valence-corrected chi connectivity index (χ3v) is 5.02. The number of hydrogen-bond donors (Lipinski definition) is 1. The van der Waals surface area contributed by atoms with Crippen molar-refractivity contribution >= 4 is 5.96 Å². The first-order valence-corrected chi connectivity index (χ1v) is 10.2. The number of likely N-dealkylation sites (tertiary alicyclic amines) is 2. The highest BCUT2D eigenvalue weighted by atomic mass is 16.5. The van der Waals surface area contributed by atoms with Crippen LogP contribution in [0.4, 0.5) is 0 Å². The number of rotatable bonds is 10. The quantitative estimate of drug-likeness (QED) is 0.369. The molecule has 0 spiro atoms. The molecule has 146 valence electrons. The number of ether oxygens (including phenoxy) is 2. The van der Waals surface area contributed by atoms with E-state index in [-0.39, 0.29) is 0 Å². The maximum absolute atomic E-state index is 5.96. The second-order valence-electron chi connectivity index (χ2n) is 7.04. The molecule has 2 fully saturated rings. The molecule has 6 heteroatoms. The molecule has 0 atom stereocenters. The maximum Gasteiger partial charge on any atom is 0.193 e. The standard InChI is InChI=1S/C19H38N4O2/c1-3-20-19(21-10-6-13-22-11-4-5-12-22)23-14-8-18(9-15-23)25-17-7-16-24-2/h18H,3-17H2,1-2H3,(H,20,21). The zero-order valence-corrected chi connectivity index (χ0v) is 16.3. The highest BCUT2D eigenvalue weighted by Gasteiger charge is 2.21. The second-order valence-corrected chi connectivity index (χ2v) is 7.04. The van der Waals surface area contributed by atoms with Crippen LogP contribution in [0.2, 0.25) is 0 Å². The number of aliphatic imine (C=N–C) groups is 1. The molecule has 25 heavy (non-hydrogen) atoms. The molecule has 2 aliphatic heterocycles. The van der Waals surface area contributed by atoms with Crippen LogP contribution in [0.1, 0.15) is 45.4 Å². The Bertz CT molecular complexity index is 364. The van der Waals surface area contributed by atoms with Crippen molar-refractivity contribution in [2.75, 3.05) is 66.1 Å². The molecule has 2 rings (SSSR count). The van der Waals surface area contributed by atoms with E-state index in [0.29, 0.717) is 6.10 Å². The molecule has 0 aromatic heterocycles. The van der Waals surface area contributed by atoms with Crippen molar-refractivity contribution in [3.05, 3.63) is 0 Å². The summed E-state index contributed by atoms with van der Waals surface area (Å²) < 4.78 is 11.0. The minimum atomic E-state index is 0.395. The molecule has 0 bridgehead atoms. The van der Waals surface area contributed by atoms with E-state index < -0.39 is 0 Å². The predicted molar refractivity (Wildman–Crippen MR) is 103 cm³/mol. The SMILES string of the molecule is CCNC(=NCCCN1CCCC1)N1CCC(OCCCOC)CC1. The van der Waals surface area contributed by atoms with E-state index in [0.717, 1.165) is 71.0 Å². The van der Waals surface area contributed by atoms with Gasteiger partial charge in [-0.1, -0.05) is 0 Å². The van der Waals surface area contributed by atoms with Crippen molar-refractivity contribution < 1.29 is 9.47 Å². The van der Waals surface area contributed by atoms with Gasteiger partial charge in [-0.15, -0.1) is 0 Å². The van der Waals surface area contributed by atoms with Crippen molar-refractivity contribution in [1.82, 2.24) is 15.1 Å². The summed E-state index contributed by atoms with van der Waals surface area (Å²) in [5, 5.41) is 3.46. The van der Waals surface area contributed by atoms with E-state index in [4.69, 9.17) is 14.5 Å². The Kier molecular flexibility index (Phi) is 10.2. The van der Waals surface area contributed by atoms with E-state index in [1.54, 1.807) is 7.11 Å². The molecule has 2 aliphatic rings. The first kappa shape index (κ1) is 20.5. The van der Waals surface area contributed by atoms with Gasteiger partial charge >= 0.3 is 0 Å². The normalized spacial score (nSPS) is 20.4. The highest BCUT2D eigenvalue weighted by molar-refractivity contribution is 5.80. The van der Waals surface area contributed by atoms with E-state index in [2.05, 4.69) is 22.0 Å². The van der Waals surface area contributed by atoms with Gasteiger partial charge in [0, 0.05) is 46.5 Å². The number of guanidine groups is 1. The van der Waals surface area contributed by atoms with Crippen molar-refractivity contribution in [3.8, 4) is 0 Å². The average molecular weight is 355 g/mol. The summed E-state index contributed by atoms with van der Waals surface area (Å²) in [5.41, 5.74) is 0. The van der Waals surface area contributed by atoms with Gasteiger partial charge in [-0.05, 0) is 65.1 Å². The van der Waals surface area contributed by atoms with Gasteiger partial charge in [0.1, 0.15) is 0 Å². The number of hydrogen-bond acceptors (Lipinski definition) is 4. The molecule has 1 N–H and O–H groups in total. The second kappa shape index (κ2) is 12.5. The van der Waals surface area contributed by atoms with Crippen LogP contribution in [0.3, 0.4) is 0 Å². The van der Waals surface area contributed by atoms with Gasteiger partial charge in [-0.2, -0.15) is 0 Å². The lowest BCUT2D eigenvalue weighted by atomic mass is 10.1.